The molecule has 25 heavy (non-hydrogen) atoms. The SMILES string of the molecule is COc1ccc(-c2nc(S(=O)(=O)c3ccccc3)c(N(C)C)o2)cc1. The van der Waals surface area contributed by atoms with Crippen molar-refractivity contribution >= 4 is 15.7 Å². The molecule has 130 valence electrons. The number of hydrogen-bond acceptors (Lipinski definition) is 6. The molecule has 3 rings (SSSR count). The van der Waals surface area contributed by atoms with Crippen molar-refractivity contribution in [3.05, 3.63) is 54.6 Å². The summed E-state index contributed by atoms with van der Waals surface area (Å²) in [6, 6.07) is 15.2. The minimum absolute atomic E-state index is 0.102. The Bertz CT molecular complexity index is 962. The molecular weight excluding hydrogens is 340 g/mol. The van der Waals surface area contributed by atoms with E-state index in [1.165, 1.54) is 12.1 Å². The monoisotopic (exact) mass is 358 g/mol. The van der Waals surface area contributed by atoms with Gasteiger partial charge in [-0.1, -0.05) is 18.2 Å². The van der Waals surface area contributed by atoms with Crippen molar-refractivity contribution < 1.29 is 17.6 Å². The van der Waals surface area contributed by atoms with Crippen LogP contribution in [0.25, 0.3) is 11.5 Å². The average Bonchev–Trinajstić information content (AvgIpc) is 3.09. The summed E-state index contributed by atoms with van der Waals surface area (Å²) in [5.41, 5.74) is 0.665. The number of sulfone groups is 1. The van der Waals surface area contributed by atoms with Gasteiger partial charge in [0.05, 0.1) is 12.0 Å². The highest BCUT2D eigenvalue weighted by Crippen LogP contribution is 2.34. The largest absolute Gasteiger partial charge is 0.497 e. The molecule has 0 unspecified atom stereocenters. The lowest BCUT2D eigenvalue weighted by Gasteiger charge is -2.10. The molecule has 0 bridgehead atoms. The number of benzene rings is 2. The van der Waals surface area contributed by atoms with E-state index in [0.717, 1.165) is 0 Å². The Morgan fingerprint density at radius 3 is 2.20 bits per heavy atom. The number of rotatable bonds is 5. The van der Waals surface area contributed by atoms with Gasteiger partial charge in [0.2, 0.25) is 26.6 Å². The Morgan fingerprint density at radius 2 is 1.64 bits per heavy atom. The quantitative estimate of drug-likeness (QED) is 0.697. The van der Waals surface area contributed by atoms with E-state index in [9.17, 15) is 8.42 Å². The summed E-state index contributed by atoms with van der Waals surface area (Å²) in [6.45, 7) is 0. The first-order chi connectivity index (χ1) is 11.9. The molecule has 0 aliphatic carbocycles. The van der Waals surface area contributed by atoms with Gasteiger partial charge in [-0.2, -0.15) is 4.98 Å². The van der Waals surface area contributed by atoms with Crippen LogP contribution in [0.1, 0.15) is 0 Å². The molecule has 0 fully saturated rings. The van der Waals surface area contributed by atoms with E-state index in [0.29, 0.717) is 11.3 Å². The fourth-order valence-electron chi connectivity index (χ4n) is 2.32. The van der Waals surface area contributed by atoms with E-state index >= 15 is 0 Å². The number of methoxy groups -OCH3 is 1. The lowest BCUT2D eigenvalue weighted by molar-refractivity contribution is 0.415. The Labute approximate surface area is 146 Å². The highest BCUT2D eigenvalue weighted by Gasteiger charge is 2.29. The maximum absolute atomic E-state index is 12.9. The molecule has 0 saturated carbocycles. The third-order valence-corrected chi connectivity index (χ3v) is 5.30. The van der Waals surface area contributed by atoms with Gasteiger partial charge in [0.15, 0.2) is 0 Å². The molecule has 1 aromatic heterocycles. The van der Waals surface area contributed by atoms with E-state index in [4.69, 9.17) is 9.15 Å². The molecule has 3 aromatic rings. The third kappa shape index (κ3) is 3.23. The van der Waals surface area contributed by atoms with E-state index in [-0.39, 0.29) is 21.7 Å². The van der Waals surface area contributed by atoms with Gasteiger partial charge in [-0.3, -0.25) is 0 Å². The summed E-state index contributed by atoms with van der Waals surface area (Å²) in [4.78, 5) is 6.04. The maximum Gasteiger partial charge on any atom is 0.235 e. The maximum atomic E-state index is 12.9. The molecule has 0 radical (unpaired) electrons. The van der Waals surface area contributed by atoms with Crippen LogP contribution in [-0.2, 0) is 9.84 Å². The summed E-state index contributed by atoms with van der Waals surface area (Å²) >= 11 is 0. The van der Waals surface area contributed by atoms with Crippen molar-refractivity contribution in [2.75, 3.05) is 26.1 Å². The molecule has 0 amide bonds. The molecule has 0 aliphatic heterocycles. The predicted molar refractivity (Wildman–Crippen MR) is 94.7 cm³/mol. The Kier molecular flexibility index (Phi) is 4.50. The van der Waals surface area contributed by atoms with Gasteiger partial charge in [0.25, 0.3) is 0 Å². The van der Waals surface area contributed by atoms with Crippen molar-refractivity contribution in [1.82, 2.24) is 4.98 Å². The summed E-state index contributed by atoms with van der Waals surface area (Å²) in [6.07, 6.45) is 0. The van der Waals surface area contributed by atoms with Gasteiger partial charge in [-0.25, -0.2) is 8.42 Å². The van der Waals surface area contributed by atoms with Crippen LogP contribution in [0.15, 0.2) is 68.9 Å². The van der Waals surface area contributed by atoms with Crippen LogP contribution in [0, 0.1) is 0 Å². The van der Waals surface area contributed by atoms with Crippen LogP contribution >= 0.6 is 0 Å². The molecule has 2 aromatic carbocycles. The third-order valence-electron chi connectivity index (χ3n) is 3.63. The summed E-state index contributed by atoms with van der Waals surface area (Å²) in [5, 5.41) is -0.102. The standard InChI is InChI=1S/C18H18N2O4S/c1-20(2)18-17(25(21,22)15-7-5-4-6-8-15)19-16(24-18)13-9-11-14(23-3)12-10-13/h4-12H,1-3H3. The second-order valence-corrected chi connectivity index (χ2v) is 7.43. The lowest BCUT2D eigenvalue weighted by Crippen LogP contribution is -2.13. The van der Waals surface area contributed by atoms with E-state index in [2.05, 4.69) is 4.98 Å². The van der Waals surface area contributed by atoms with Crippen molar-refractivity contribution in [3.63, 3.8) is 0 Å². The van der Waals surface area contributed by atoms with Gasteiger partial charge in [-0.15, -0.1) is 0 Å². The van der Waals surface area contributed by atoms with Crippen molar-refractivity contribution in [3.8, 4) is 17.2 Å². The van der Waals surface area contributed by atoms with Crippen LogP contribution in [0.5, 0.6) is 5.75 Å². The summed E-state index contributed by atoms with van der Waals surface area (Å²) in [7, 11) is 1.21. The van der Waals surface area contributed by atoms with Gasteiger partial charge < -0.3 is 14.1 Å². The number of anilines is 1. The second-order valence-electron chi connectivity index (χ2n) is 5.57. The fourth-order valence-corrected chi connectivity index (χ4v) is 3.72. The predicted octanol–water partition coefficient (Wildman–Crippen LogP) is 3.25. The fraction of sp³-hybridized carbons (Fsp3) is 0.167. The first kappa shape index (κ1) is 17.0. The van der Waals surface area contributed by atoms with E-state index in [1.807, 2.05) is 0 Å². The van der Waals surface area contributed by atoms with E-state index in [1.54, 1.807) is 68.6 Å². The van der Waals surface area contributed by atoms with Gasteiger partial charge in [-0.05, 0) is 36.4 Å². The Morgan fingerprint density at radius 1 is 1.00 bits per heavy atom. The van der Waals surface area contributed by atoms with Crippen molar-refractivity contribution in [1.29, 1.82) is 0 Å². The number of hydrogen-bond donors (Lipinski definition) is 0. The van der Waals surface area contributed by atoms with Crippen LogP contribution in [0.4, 0.5) is 5.88 Å². The molecule has 0 aliphatic rings. The van der Waals surface area contributed by atoms with E-state index < -0.39 is 9.84 Å². The second kappa shape index (κ2) is 6.60. The first-order valence-electron chi connectivity index (χ1n) is 7.56. The number of aromatic nitrogens is 1. The molecule has 0 atom stereocenters. The molecule has 7 heteroatoms. The zero-order chi connectivity index (χ0) is 18.0. The smallest absolute Gasteiger partial charge is 0.235 e. The minimum Gasteiger partial charge on any atom is -0.497 e. The summed E-state index contributed by atoms with van der Waals surface area (Å²) in [5.74, 6) is 1.12. The average molecular weight is 358 g/mol. The van der Waals surface area contributed by atoms with Crippen molar-refractivity contribution in [2.24, 2.45) is 0 Å². The molecule has 1 heterocycles. The minimum atomic E-state index is -3.79. The Hall–Kier alpha value is -2.80. The van der Waals surface area contributed by atoms with Gasteiger partial charge in [0.1, 0.15) is 5.75 Å². The zero-order valence-electron chi connectivity index (χ0n) is 14.1. The molecule has 0 saturated heterocycles. The van der Waals surface area contributed by atoms with Crippen LogP contribution in [0.3, 0.4) is 0 Å². The topological polar surface area (TPSA) is 72.6 Å². The molecule has 0 N–H and O–H groups in total. The highest BCUT2D eigenvalue weighted by molar-refractivity contribution is 7.91. The normalized spacial score (nSPS) is 11.3. The van der Waals surface area contributed by atoms with Gasteiger partial charge >= 0.3 is 0 Å². The van der Waals surface area contributed by atoms with Gasteiger partial charge in [0, 0.05) is 19.7 Å². The van der Waals surface area contributed by atoms with Crippen LogP contribution < -0.4 is 9.64 Å². The summed E-state index contributed by atoms with van der Waals surface area (Å²) < 4.78 is 36.7. The molecular formula is C18H18N2O4S. The number of ether oxygens (including phenoxy) is 1. The first-order valence-corrected chi connectivity index (χ1v) is 9.04. The lowest BCUT2D eigenvalue weighted by atomic mass is 10.2. The highest BCUT2D eigenvalue weighted by atomic mass is 32.2. The molecule has 6 nitrogen and oxygen atoms in total. The number of nitrogens with zero attached hydrogens (tertiary/aromatic N) is 2. The van der Waals surface area contributed by atoms with Crippen LogP contribution in [0.2, 0.25) is 0 Å². The van der Waals surface area contributed by atoms with Crippen molar-refractivity contribution in [2.45, 2.75) is 9.92 Å². The molecule has 0 spiro atoms. The van der Waals surface area contributed by atoms with Crippen LogP contribution in [-0.4, -0.2) is 34.6 Å². The zero-order valence-corrected chi connectivity index (χ0v) is 14.9. The Balaban J connectivity index is 2.12. The number of oxazole rings is 1.